The largest absolute Gasteiger partial charge is 0.388 e. The van der Waals surface area contributed by atoms with E-state index >= 15 is 0 Å². The molecule has 0 fully saturated rings. The van der Waals surface area contributed by atoms with Gasteiger partial charge >= 0.3 is 12.1 Å². The second kappa shape index (κ2) is 13.5. The van der Waals surface area contributed by atoms with Gasteiger partial charge < -0.3 is 32.7 Å². The topological polar surface area (TPSA) is 184 Å². The Morgan fingerprint density at radius 1 is 0.553 bits per heavy atom. The van der Waals surface area contributed by atoms with Crippen LogP contribution in [0.3, 0.4) is 0 Å². The molecule has 3 aromatic rings. The average Bonchev–Trinajstić information content (AvgIpc) is 2.92. The van der Waals surface area contributed by atoms with E-state index in [1.54, 1.807) is 62.4 Å². The van der Waals surface area contributed by atoms with Crippen molar-refractivity contribution in [3.8, 4) is 0 Å². The number of anilines is 4. The summed E-state index contributed by atoms with van der Waals surface area (Å²) in [5, 5.41) is 26.2. The molecule has 0 saturated carbocycles. The number of nitrogens with one attached hydrogen (secondary N) is 4. The Labute approximate surface area is 219 Å². The van der Waals surface area contributed by atoms with Crippen molar-refractivity contribution in [3.63, 3.8) is 0 Å². The van der Waals surface area contributed by atoms with Crippen molar-refractivity contribution in [1.82, 2.24) is 0 Å². The van der Waals surface area contributed by atoms with Gasteiger partial charge in [0.1, 0.15) is 12.7 Å². The summed E-state index contributed by atoms with van der Waals surface area (Å²) in [4.78, 5) is 24.7. The number of rotatable bonds is 8. The van der Waals surface area contributed by atoms with Gasteiger partial charge in [-0.3, -0.25) is 0 Å². The van der Waals surface area contributed by atoms with E-state index in [4.69, 9.17) is 11.5 Å². The second-order valence-electron chi connectivity index (χ2n) is 7.79. The Morgan fingerprint density at radius 2 is 0.816 bits per heavy atom. The summed E-state index contributed by atoms with van der Waals surface area (Å²) in [5.74, 6) is 0. The third-order valence-corrected chi connectivity index (χ3v) is 5.07. The first-order valence-electron chi connectivity index (χ1n) is 11.4. The van der Waals surface area contributed by atoms with Gasteiger partial charge in [-0.1, -0.05) is 24.3 Å². The van der Waals surface area contributed by atoms with Crippen molar-refractivity contribution >= 4 is 58.9 Å². The highest BCUT2D eigenvalue weighted by atomic mass is 16.2. The fraction of sp³-hybridized carbons (Fsp3) is 0.0769. The fourth-order valence-corrected chi connectivity index (χ4v) is 3.17. The van der Waals surface area contributed by atoms with Gasteiger partial charge in [0.25, 0.3) is 0 Å². The third kappa shape index (κ3) is 8.30. The number of nitrogens with two attached hydrogens (primary N) is 2. The molecule has 0 aliphatic heterocycles. The first-order chi connectivity index (χ1) is 18.4. The highest BCUT2D eigenvalue weighted by Gasteiger charge is 2.07. The molecule has 0 saturated heterocycles. The molecule has 0 radical (unpaired) electrons. The smallest absolute Gasteiger partial charge is 0.323 e. The van der Waals surface area contributed by atoms with Gasteiger partial charge in [0, 0.05) is 22.7 Å². The van der Waals surface area contributed by atoms with Crippen molar-refractivity contribution in [2.24, 2.45) is 31.9 Å². The zero-order valence-electron chi connectivity index (χ0n) is 20.8. The number of hydrogen-bond acceptors (Lipinski definition) is 6. The number of hydrogen-bond donors (Lipinski definition) is 6. The summed E-state index contributed by atoms with van der Waals surface area (Å²) in [6.45, 7) is 3.61. The van der Waals surface area contributed by atoms with Crippen LogP contribution >= 0.6 is 0 Å². The lowest BCUT2D eigenvalue weighted by Crippen LogP contribution is -2.20. The van der Waals surface area contributed by atoms with E-state index in [2.05, 4.69) is 41.7 Å². The minimum atomic E-state index is -0.409. The van der Waals surface area contributed by atoms with Crippen molar-refractivity contribution in [1.29, 1.82) is 0 Å². The molecule has 12 heteroatoms. The van der Waals surface area contributed by atoms with E-state index in [1.165, 1.54) is 0 Å². The van der Waals surface area contributed by atoms with Crippen molar-refractivity contribution < 1.29 is 9.59 Å². The third-order valence-electron chi connectivity index (χ3n) is 5.07. The van der Waals surface area contributed by atoms with Crippen LogP contribution in [0.5, 0.6) is 0 Å². The molecule has 0 unspecified atom stereocenters. The number of urea groups is 2. The molecular formula is C26H28N10O2. The summed E-state index contributed by atoms with van der Waals surface area (Å²) in [6.07, 6.45) is 2.22. The molecule has 0 spiro atoms. The number of carbonyl (C=O) groups excluding carboxylic acids is 2. The zero-order valence-corrected chi connectivity index (χ0v) is 20.8. The molecule has 0 aliphatic carbocycles. The molecule has 12 nitrogen and oxygen atoms in total. The minimum Gasteiger partial charge on any atom is -0.388 e. The Morgan fingerprint density at radius 3 is 1.08 bits per heavy atom. The minimum absolute atomic E-state index is 0.409. The van der Waals surface area contributed by atoms with Gasteiger partial charge in [0.2, 0.25) is 0 Å². The van der Waals surface area contributed by atoms with Gasteiger partial charge in [0.15, 0.2) is 0 Å². The lowest BCUT2D eigenvalue weighted by Gasteiger charge is -2.10. The lowest BCUT2D eigenvalue weighted by molar-refractivity contribution is 0.261. The standard InChI is InChI=1S/C26H28N10O2/c1-17(35-29-15-27)19-3-7-21(8-4-19)31-25(37)33-23-11-13-24(14-12-23)34-26(38)32-22-9-5-20(6-10-22)18(2)36-30-16-28/h3-16H,1-2H3,(H2,27,29)(H2,28,30)(H2,31,33,37)(H2,32,34,38)/b35-17+,36-18+. The molecule has 194 valence electrons. The number of amides is 4. The van der Waals surface area contributed by atoms with E-state index in [-0.39, 0.29) is 0 Å². The van der Waals surface area contributed by atoms with Crippen LogP contribution in [0.15, 0.2) is 93.2 Å². The monoisotopic (exact) mass is 512 g/mol. The maximum absolute atomic E-state index is 12.3. The highest BCUT2D eigenvalue weighted by Crippen LogP contribution is 2.16. The van der Waals surface area contributed by atoms with Crippen LogP contribution in [-0.4, -0.2) is 36.2 Å². The van der Waals surface area contributed by atoms with E-state index in [9.17, 15) is 9.59 Å². The predicted molar refractivity (Wildman–Crippen MR) is 154 cm³/mol. The van der Waals surface area contributed by atoms with Gasteiger partial charge in [-0.15, -0.1) is 10.2 Å². The van der Waals surface area contributed by atoms with Crippen LogP contribution in [0.2, 0.25) is 0 Å². The maximum atomic E-state index is 12.3. The van der Waals surface area contributed by atoms with Crippen molar-refractivity contribution in [2.45, 2.75) is 13.8 Å². The number of nitrogens with zero attached hydrogens (tertiary/aromatic N) is 4. The Bertz CT molecular complexity index is 1250. The van der Waals surface area contributed by atoms with E-state index in [0.29, 0.717) is 34.2 Å². The summed E-state index contributed by atoms with van der Waals surface area (Å²) in [7, 11) is 0. The molecule has 0 aromatic heterocycles. The zero-order chi connectivity index (χ0) is 27.3. The van der Waals surface area contributed by atoms with Gasteiger partial charge in [-0.2, -0.15) is 10.2 Å². The van der Waals surface area contributed by atoms with Crippen LogP contribution in [-0.2, 0) is 0 Å². The molecule has 0 heterocycles. The number of carbonyl (C=O) groups is 2. The lowest BCUT2D eigenvalue weighted by atomic mass is 10.1. The molecule has 3 aromatic carbocycles. The Kier molecular flexibility index (Phi) is 9.64. The Balaban J connectivity index is 1.49. The molecule has 0 aliphatic rings. The van der Waals surface area contributed by atoms with E-state index in [1.807, 2.05) is 24.3 Å². The van der Waals surface area contributed by atoms with Crippen molar-refractivity contribution in [3.05, 3.63) is 83.9 Å². The van der Waals surface area contributed by atoms with Crippen LogP contribution < -0.4 is 32.7 Å². The van der Waals surface area contributed by atoms with Crippen molar-refractivity contribution in [2.75, 3.05) is 21.3 Å². The Hall–Kier alpha value is -5.52. The quantitative estimate of drug-likeness (QED) is 0.149. The van der Waals surface area contributed by atoms with E-state index in [0.717, 1.165) is 23.8 Å². The summed E-state index contributed by atoms with van der Waals surface area (Å²) >= 11 is 0. The fourth-order valence-electron chi connectivity index (χ4n) is 3.17. The molecule has 0 atom stereocenters. The first-order valence-corrected chi connectivity index (χ1v) is 11.4. The first kappa shape index (κ1) is 27.1. The molecular weight excluding hydrogens is 484 g/mol. The van der Waals surface area contributed by atoms with Gasteiger partial charge in [0.05, 0.1) is 11.4 Å². The van der Waals surface area contributed by atoms with Crippen LogP contribution in [0.4, 0.5) is 32.3 Å². The molecule has 8 N–H and O–H groups in total. The summed E-state index contributed by atoms with van der Waals surface area (Å²) in [5.41, 5.74) is 15.8. The number of benzene rings is 3. The second-order valence-corrected chi connectivity index (χ2v) is 7.79. The van der Waals surface area contributed by atoms with Crippen LogP contribution in [0, 0.1) is 0 Å². The highest BCUT2D eigenvalue weighted by molar-refractivity contribution is 6.03. The van der Waals surface area contributed by atoms with Gasteiger partial charge in [-0.25, -0.2) is 9.59 Å². The maximum Gasteiger partial charge on any atom is 0.323 e. The normalized spacial score (nSPS) is 11.9. The van der Waals surface area contributed by atoms with Crippen LogP contribution in [0.1, 0.15) is 25.0 Å². The summed E-state index contributed by atoms with van der Waals surface area (Å²) < 4.78 is 0. The average molecular weight is 513 g/mol. The van der Waals surface area contributed by atoms with Crippen LogP contribution in [0.25, 0.3) is 0 Å². The SMILES string of the molecule is C/C(=N\N=C\N)c1ccc(NC(=O)Nc2ccc(NC(=O)Nc3ccc(/C(C)=N/N=C/N)cc3)cc2)cc1. The molecule has 4 amide bonds. The predicted octanol–water partition coefficient (Wildman–Crippen LogP) is 4.40. The molecule has 0 bridgehead atoms. The molecule has 3 rings (SSSR count). The van der Waals surface area contributed by atoms with E-state index < -0.39 is 12.1 Å². The summed E-state index contributed by atoms with van der Waals surface area (Å²) in [6, 6.07) is 20.2. The van der Waals surface area contributed by atoms with Gasteiger partial charge in [-0.05, 0) is 73.5 Å². The molecule has 38 heavy (non-hydrogen) atoms.